The molecule has 6 heteroatoms. The molecule has 1 fully saturated rings. The first-order chi connectivity index (χ1) is 9.72. The van der Waals surface area contributed by atoms with Crippen LogP contribution in [0.1, 0.15) is 37.8 Å². The lowest BCUT2D eigenvalue weighted by Gasteiger charge is -2.20. The lowest BCUT2D eigenvalue weighted by molar-refractivity contribution is 0.281. The molecule has 1 aromatic rings. The van der Waals surface area contributed by atoms with Crippen LogP contribution in [-0.4, -0.2) is 20.1 Å². The van der Waals surface area contributed by atoms with Gasteiger partial charge >= 0.3 is 0 Å². The Kier molecular flexibility index (Phi) is 4.42. The Morgan fingerprint density at radius 2 is 2.00 bits per heavy atom. The van der Waals surface area contributed by atoms with E-state index in [0.717, 1.165) is 18.9 Å². The Morgan fingerprint density at radius 1 is 1.38 bits per heavy atom. The molecule has 4 nitrogen and oxygen atoms in total. The Bertz CT molecular complexity index is 637. The largest absolute Gasteiger partial charge is 0.392 e. The average molecular weight is 315 g/mol. The highest BCUT2D eigenvalue weighted by molar-refractivity contribution is 7.89. The molecular weight excluding hydrogens is 293 g/mol. The fourth-order valence-corrected chi connectivity index (χ4v) is 3.95. The van der Waals surface area contributed by atoms with Gasteiger partial charge in [-0.05, 0) is 48.8 Å². The molecule has 0 unspecified atom stereocenters. The molecule has 0 heterocycles. The number of hydrogen-bond acceptors (Lipinski definition) is 3. The Morgan fingerprint density at radius 3 is 2.48 bits per heavy atom. The van der Waals surface area contributed by atoms with E-state index in [1.807, 2.05) is 0 Å². The van der Waals surface area contributed by atoms with Crippen LogP contribution in [0.4, 0.5) is 4.39 Å². The van der Waals surface area contributed by atoms with Crippen molar-refractivity contribution in [3.05, 3.63) is 29.1 Å². The predicted octanol–water partition coefficient (Wildman–Crippen LogP) is 2.34. The van der Waals surface area contributed by atoms with Crippen molar-refractivity contribution in [3.8, 4) is 0 Å². The van der Waals surface area contributed by atoms with E-state index in [0.29, 0.717) is 12.5 Å². The minimum absolute atomic E-state index is 0.0358. The van der Waals surface area contributed by atoms with E-state index in [1.54, 1.807) is 0 Å². The van der Waals surface area contributed by atoms with Gasteiger partial charge in [-0.25, -0.2) is 17.5 Å². The summed E-state index contributed by atoms with van der Waals surface area (Å²) in [5.41, 5.74) is 0.367. The molecule has 0 spiro atoms. The summed E-state index contributed by atoms with van der Waals surface area (Å²) in [6, 6.07) is 2.49. The molecule has 1 aliphatic carbocycles. The highest BCUT2D eigenvalue weighted by atomic mass is 32.2. The Hall–Kier alpha value is -0.980. The maximum absolute atomic E-state index is 13.8. The number of hydrogen-bond donors (Lipinski definition) is 2. The number of aliphatic hydroxyl groups excluding tert-OH is 1. The summed E-state index contributed by atoms with van der Waals surface area (Å²) in [7, 11) is -3.77. The second-order valence-corrected chi connectivity index (χ2v) is 7.94. The molecule has 1 aromatic carbocycles. The van der Waals surface area contributed by atoms with Gasteiger partial charge in [-0.2, -0.15) is 0 Å². The molecule has 21 heavy (non-hydrogen) atoms. The molecule has 0 radical (unpaired) electrons. The van der Waals surface area contributed by atoms with Gasteiger partial charge in [-0.1, -0.05) is 13.8 Å². The summed E-state index contributed by atoms with van der Waals surface area (Å²) in [5.74, 6) is -0.214. The molecule has 0 saturated heterocycles. The van der Waals surface area contributed by atoms with Crippen molar-refractivity contribution >= 4 is 10.0 Å². The zero-order chi connectivity index (χ0) is 15.8. The van der Waals surface area contributed by atoms with Crippen molar-refractivity contribution in [2.75, 3.05) is 6.54 Å². The standard InChI is InChI=1S/C15H22FNO3S/c1-10(2)15(4-5-15)9-17-21(19,20)14-7-12(8-18)6-13(16)11(14)3/h6-7,10,17-18H,4-5,8-9H2,1-3H3. The van der Waals surface area contributed by atoms with Crippen LogP contribution in [0.15, 0.2) is 17.0 Å². The molecule has 0 atom stereocenters. The number of aliphatic hydroxyl groups is 1. The summed E-state index contributed by atoms with van der Waals surface area (Å²) in [5, 5.41) is 9.10. The van der Waals surface area contributed by atoms with E-state index < -0.39 is 22.4 Å². The van der Waals surface area contributed by atoms with Crippen molar-refractivity contribution in [1.29, 1.82) is 0 Å². The van der Waals surface area contributed by atoms with Crippen LogP contribution in [0.2, 0.25) is 0 Å². The minimum atomic E-state index is -3.77. The van der Waals surface area contributed by atoms with E-state index in [4.69, 9.17) is 5.11 Å². The van der Waals surface area contributed by atoms with Crippen LogP contribution >= 0.6 is 0 Å². The van der Waals surface area contributed by atoms with Gasteiger partial charge in [0.1, 0.15) is 5.82 Å². The van der Waals surface area contributed by atoms with Gasteiger partial charge in [0.15, 0.2) is 0 Å². The van der Waals surface area contributed by atoms with E-state index in [-0.39, 0.29) is 21.4 Å². The maximum Gasteiger partial charge on any atom is 0.240 e. The zero-order valence-electron chi connectivity index (χ0n) is 12.6. The smallest absolute Gasteiger partial charge is 0.240 e. The Labute approximate surface area is 125 Å². The first-order valence-corrected chi connectivity index (χ1v) is 8.60. The highest BCUT2D eigenvalue weighted by Crippen LogP contribution is 2.51. The molecule has 0 bridgehead atoms. The summed E-state index contributed by atoms with van der Waals surface area (Å²) in [4.78, 5) is -0.0916. The monoisotopic (exact) mass is 315 g/mol. The molecule has 2 N–H and O–H groups in total. The third kappa shape index (κ3) is 3.27. The topological polar surface area (TPSA) is 66.4 Å². The van der Waals surface area contributed by atoms with Gasteiger partial charge < -0.3 is 5.11 Å². The maximum atomic E-state index is 13.8. The molecule has 0 amide bonds. The second kappa shape index (κ2) is 5.66. The van der Waals surface area contributed by atoms with E-state index in [2.05, 4.69) is 18.6 Å². The van der Waals surface area contributed by atoms with Gasteiger partial charge in [0.2, 0.25) is 10.0 Å². The van der Waals surface area contributed by atoms with Gasteiger partial charge in [-0.15, -0.1) is 0 Å². The molecule has 2 rings (SSSR count). The molecule has 1 aliphatic rings. The number of sulfonamides is 1. The highest BCUT2D eigenvalue weighted by Gasteiger charge is 2.45. The number of rotatable bonds is 6. The summed E-state index contributed by atoms with van der Waals surface area (Å²) < 4.78 is 41.2. The summed E-state index contributed by atoms with van der Waals surface area (Å²) in [6.07, 6.45) is 2.02. The first kappa shape index (κ1) is 16.4. The molecule has 118 valence electrons. The van der Waals surface area contributed by atoms with Crippen LogP contribution in [0, 0.1) is 24.1 Å². The van der Waals surface area contributed by atoms with Crippen LogP contribution in [-0.2, 0) is 16.6 Å². The average Bonchev–Trinajstić information content (AvgIpc) is 3.20. The lowest BCUT2D eigenvalue weighted by atomic mass is 9.93. The third-order valence-electron chi connectivity index (χ3n) is 4.56. The first-order valence-electron chi connectivity index (χ1n) is 7.11. The number of benzene rings is 1. The minimum Gasteiger partial charge on any atom is -0.392 e. The van der Waals surface area contributed by atoms with Gasteiger partial charge in [-0.3, -0.25) is 0 Å². The van der Waals surface area contributed by atoms with Crippen LogP contribution in [0.25, 0.3) is 0 Å². The quantitative estimate of drug-likeness (QED) is 0.847. The van der Waals surface area contributed by atoms with Gasteiger partial charge in [0, 0.05) is 12.1 Å². The lowest BCUT2D eigenvalue weighted by Crippen LogP contribution is -2.33. The number of halogens is 1. The number of nitrogens with one attached hydrogen (secondary N) is 1. The van der Waals surface area contributed by atoms with Crippen molar-refractivity contribution < 1.29 is 17.9 Å². The van der Waals surface area contributed by atoms with Gasteiger partial charge in [0.05, 0.1) is 11.5 Å². The Balaban J connectivity index is 2.26. The fourth-order valence-electron chi connectivity index (χ4n) is 2.51. The zero-order valence-corrected chi connectivity index (χ0v) is 13.4. The van der Waals surface area contributed by atoms with Crippen LogP contribution in [0.3, 0.4) is 0 Å². The van der Waals surface area contributed by atoms with Crippen LogP contribution < -0.4 is 4.72 Å². The predicted molar refractivity (Wildman–Crippen MR) is 78.8 cm³/mol. The summed E-state index contributed by atoms with van der Waals surface area (Å²) >= 11 is 0. The SMILES string of the molecule is Cc1c(F)cc(CO)cc1S(=O)(=O)NCC1(C(C)C)CC1. The molecular formula is C15H22FNO3S. The van der Waals surface area contributed by atoms with E-state index in [9.17, 15) is 12.8 Å². The normalized spacial score (nSPS) is 17.2. The summed E-state index contributed by atoms with van der Waals surface area (Å²) in [6.45, 7) is 5.57. The van der Waals surface area contributed by atoms with E-state index in [1.165, 1.54) is 13.0 Å². The third-order valence-corrected chi connectivity index (χ3v) is 6.09. The molecule has 0 aliphatic heterocycles. The van der Waals surface area contributed by atoms with Crippen molar-refractivity contribution in [1.82, 2.24) is 4.72 Å². The van der Waals surface area contributed by atoms with Crippen molar-refractivity contribution in [3.63, 3.8) is 0 Å². The van der Waals surface area contributed by atoms with E-state index >= 15 is 0 Å². The van der Waals surface area contributed by atoms with Crippen molar-refractivity contribution in [2.45, 2.75) is 45.1 Å². The molecule has 1 saturated carbocycles. The van der Waals surface area contributed by atoms with Gasteiger partial charge in [0.25, 0.3) is 0 Å². The van der Waals surface area contributed by atoms with Crippen molar-refractivity contribution in [2.24, 2.45) is 11.3 Å². The molecule has 0 aromatic heterocycles. The second-order valence-electron chi connectivity index (χ2n) is 6.20. The fraction of sp³-hybridized carbons (Fsp3) is 0.600. The van der Waals surface area contributed by atoms with Crippen LogP contribution in [0.5, 0.6) is 0 Å².